The molecule has 1 unspecified atom stereocenters. The first-order valence-electron chi connectivity index (χ1n) is 7.07. The highest BCUT2D eigenvalue weighted by Gasteiger charge is 2.33. The van der Waals surface area contributed by atoms with Crippen molar-refractivity contribution in [2.45, 2.75) is 19.4 Å². The quantitative estimate of drug-likeness (QED) is 0.745. The van der Waals surface area contributed by atoms with Gasteiger partial charge < -0.3 is 14.5 Å². The minimum Gasteiger partial charge on any atom is -0.489 e. The highest BCUT2D eigenvalue weighted by molar-refractivity contribution is 6.31. The van der Waals surface area contributed by atoms with Gasteiger partial charge in [0.05, 0.1) is 17.7 Å². The average molecular weight is 308 g/mol. The lowest BCUT2D eigenvalue weighted by Crippen LogP contribution is -2.54. The van der Waals surface area contributed by atoms with Gasteiger partial charge in [-0.25, -0.2) is 4.98 Å². The monoisotopic (exact) mass is 307 g/mol. The van der Waals surface area contributed by atoms with Crippen LogP contribution in [-0.4, -0.2) is 48.1 Å². The lowest BCUT2D eigenvalue weighted by Gasteiger charge is -2.40. The van der Waals surface area contributed by atoms with E-state index in [0.717, 1.165) is 30.1 Å². The zero-order valence-corrected chi connectivity index (χ0v) is 12.8. The maximum atomic E-state index is 11.8. The summed E-state index contributed by atoms with van der Waals surface area (Å²) < 4.78 is 5.86. The van der Waals surface area contributed by atoms with Crippen molar-refractivity contribution in [1.82, 2.24) is 9.88 Å². The molecule has 1 aromatic rings. The molecule has 112 valence electrons. The van der Waals surface area contributed by atoms with Crippen LogP contribution >= 0.6 is 11.6 Å². The Morgan fingerprint density at radius 3 is 3.14 bits per heavy atom. The number of fused-ring (bicyclic) bond motifs is 3. The summed E-state index contributed by atoms with van der Waals surface area (Å²) in [7, 11) is 0. The summed E-state index contributed by atoms with van der Waals surface area (Å²) in [5, 5.41) is 0.618. The summed E-state index contributed by atoms with van der Waals surface area (Å²) in [5.74, 6) is 1.60. The van der Waals surface area contributed by atoms with E-state index in [1.165, 1.54) is 6.08 Å². The molecular formula is C15H18ClN3O2. The molecule has 2 aliphatic rings. The van der Waals surface area contributed by atoms with E-state index in [4.69, 9.17) is 16.3 Å². The number of ether oxygens (including phenoxy) is 1. The molecule has 0 aliphatic carbocycles. The second kappa shape index (κ2) is 5.56. The van der Waals surface area contributed by atoms with Gasteiger partial charge in [-0.05, 0) is 13.0 Å². The van der Waals surface area contributed by atoms with Gasteiger partial charge in [-0.1, -0.05) is 18.2 Å². The fourth-order valence-corrected chi connectivity index (χ4v) is 3.07. The first kappa shape index (κ1) is 14.2. The van der Waals surface area contributed by atoms with Gasteiger partial charge in [0, 0.05) is 37.8 Å². The number of halogens is 1. The summed E-state index contributed by atoms with van der Waals surface area (Å²) in [6.07, 6.45) is 3.90. The first-order valence-corrected chi connectivity index (χ1v) is 7.45. The van der Waals surface area contributed by atoms with Crippen LogP contribution in [0.25, 0.3) is 0 Å². The molecule has 3 rings (SSSR count). The van der Waals surface area contributed by atoms with E-state index in [2.05, 4.69) is 16.5 Å². The van der Waals surface area contributed by atoms with Crippen LogP contribution in [0.5, 0.6) is 5.75 Å². The molecule has 6 heteroatoms. The lowest BCUT2D eigenvalue weighted by atomic mass is 10.1. The molecule has 1 saturated heterocycles. The van der Waals surface area contributed by atoms with Crippen LogP contribution in [0.4, 0.5) is 5.82 Å². The molecule has 0 saturated carbocycles. The Kier molecular flexibility index (Phi) is 3.76. The van der Waals surface area contributed by atoms with Crippen LogP contribution in [0, 0.1) is 6.92 Å². The van der Waals surface area contributed by atoms with Crippen molar-refractivity contribution in [3.8, 4) is 5.75 Å². The van der Waals surface area contributed by atoms with Gasteiger partial charge in [0.1, 0.15) is 0 Å². The molecule has 21 heavy (non-hydrogen) atoms. The van der Waals surface area contributed by atoms with Crippen molar-refractivity contribution in [3.05, 3.63) is 29.4 Å². The third-order valence-electron chi connectivity index (χ3n) is 4.14. The Morgan fingerprint density at radius 2 is 2.38 bits per heavy atom. The summed E-state index contributed by atoms with van der Waals surface area (Å²) >= 11 is 6.13. The van der Waals surface area contributed by atoms with E-state index in [9.17, 15) is 4.79 Å². The fraction of sp³-hybridized carbons (Fsp3) is 0.467. The molecule has 2 aliphatic heterocycles. The number of carbonyl (C=O) groups excluding carboxylic acids is 1. The minimum absolute atomic E-state index is 0.0136. The van der Waals surface area contributed by atoms with Crippen molar-refractivity contribution >= 4 is 23.3 Å². The van der Waals surface area contributed by atoms with Gasteiger partial charge in [0.15, 0.2) is 11.6 Å². The van der Waals surface area contributed by atoms with Crippen molar-refractivity contribution in [3.63, 3.8) is 0 Å². The third-order valence-corrected chi connectivity index (χ3v) is 4.52. The van der Waals surface area contributed by atoms with Gasteiger partial charge in [-0.3, -0.25) is 4.79 Å². The fourth-order valence-electron chi connectivity index (χ4n) is 2.93. The van der Waals surface area contributed by atoms with Gasteiger partial charge in [-0.15, -0.1) is 0 Å². The first-order chi connectivity index (χ1) is 10.1. The zero-order valence-electron chi connectivity index (χ0n) is 12.0. The third kappa shape index (κ3) is 2.46. The number of hydrogen-bond donors (Lipinski definition) is 0. The maximum absolute atomic E-state index is 11.8. The topological polar surface area (TPSA) is 45.7 Å². The molecule has 1 atom stereocenters. The summed E-state index contributed by atoms with van der Waals surface area (Å²) in [6.45, 7) is 8.20. The van der Waals surface area contributed by atoms with Gasteiger partial charge in [-0.2, -0.15) is 0 Å². The Labute approximate surface area is 129 Å². The molecule has 0 aromatic carbocycles. The Balaban J connectivity index is 1.91. The second-order valence-electron chi connectivity index (χ2n) is 5.36. The molecule has 1 fully saturated rings. The van der Waals surface area contributed by atoms with E-state index < -0.39 is 0 Å². The molecule has 0 N–H and O–H groups in total. The van der Waals surface area contributed by atoms with Crippen LogP contribution in [-0.2, 0) is 4.79 Å². The van der Waals surface area contributed by atoms with Crippen LogP contribution in [0.2, 0.25) is 5.02 Å². The zero-order chi connectivity index (χ0) is 15.0. The van der Waals surface area contributed by atoms with E-state index in [1.807, 2.05) is 11.8 Å². The summed E-state index contributed by atoms with van der Waals surface area (Å²) in [5.41, 5.74) is 0.923. The van der Waals surface area contributed by atoms with Gasteiger partial charge in [0.2, 0.25) is 5.91 Å². The number of piperazine rings is 1. The number of amides is 1. The number of rotatable bonds is 1. The van der Waals surface area contributed by atoms with E-state index in [-0.39, 0.29) is 11.9 Å². The Bertz CT molecular complexity index is 591. The van der Waals surface area contributed by atoms with E-state index >= 15 is 0 Å². The molecule has 1 aromatic heterocycles. The van der Waals surface area contributed by atoms with Crippen molar-refractivity contribution < 1.29 is 9.53 Å². The Hall–Kier alpha value is -1.75. The Morgan fingerprint density at radius 1 is 1.57 bits per heavy atom. The van der Waals surface area contributed by atoms with E-state index in [1.54, 1.807) is 6.20 Å². The smallest absolute Gasteiger partial charge is 0.246 e. The number of nitrogens with zero attached hydrogens (tertiary/aromatic N) is 3. The largest absolute Gasteiger partial charge is 0.489 e. The predicted molar refractivity (Wildman–Crippen MR) is 82.0 cm³/mol. The highest BCUT2D eigenvalue weighted by Crippen LogP contribution is 2.38. The maximum Gasteiger partial charge on any atom is 0.246 e. The van der Waals surface area contributed by atoms with Crippen LogP contribution < -0.4 is 9.64 Å². The molecule has 1 amide bonds. The number of aromatic nitrogens is 1. The molecule has 3 heterocycles. The molecule has 0 radical (unpaired) electrons. The minimum atomic E-state index is -0.0136. The molecule has 0 bridgehead atoms. The summed E-state index contributed by atoms with van der Waals surface area (Å²) in [4.78, 5) is 20.3. The van der Waals surface area contributed by atoms with Crippen LogP contribution in [0.1, 0.15) is 12.0 Å². The normalized spacial score (nSPS) is 21.0. The average Bonchev–Trinajstić information content (AvgIpc) is 2.69. The van der Waals surface area contributed by atoms with Crippen LogP contribution in [0.15, 0.2) is 18.9 Å². The van der Waals surface area contributed by atoms with Crippen molar-refractivity contribution in [2.75, 3.05) is 31.1 Å². The van der Waals surface area contributed by atoms with Gasteiger partial charge >= 0.3 is 0 Å². The molecule has 5 nitrogen and oxygen atoms in total. The second-order valence-corrected chi connectivity index (χ2v) is 5.76. The SMILES string of the molecule is C=CC(=O)N1CCN2c3ncc(Cl)c(C)c3OCCC2C1. The van der Waals surface area contributed by atoms with Gasteiger partial charge in [0.25, 0.3) is 0 Å². The van der Waals surface area contributed by atoms with E-state index in [0.29, 0.717) is 24.7 Å². The lowest BCUT2D eigenvalue weighted by molar-refractivity contribution is -0.126. The van der Waals surface area contributed by atoms with Crippen molar-refractivity contribution in [2.24, 2.45) is 0 Å². The van der Waals surface area contributed by atoms with Crippen LogP contribution in [0.3, 0.4) is 0 Å². The molecular weight excluding hydrogens is 290 g/mol. The summed E-state index contributed by atoms with van der Waals surface area (Å²) in [6, 6.07) is 0.219. The molecule has 0 spiro atoms. The number of hydrogen-bond acceptors (Lipinski definition) is 4. The number of anilines is 1. The predicted octanol–water partition coefficient (Wildman–Crippen LogP) is 2.03. The highest BCUT2D eigenvalue weighted by atomic mass is 35.5. The number of pyridine rings is 1. The standard InChI is InChI=1S/C15H18ClN3O2/c1-3-13(20)18-5-6-19-11(9-18)4-7-21-14-10(2)12(16)8-17-15(14)19/h3,8,11H,1,4-7,9H2,2H3. The number of carbonyl (C=O) groups is 1. The van der Waals surface area contributed by atoms with Crippen molar-refractivity contribution in [1.29, 1.82) is 0 Å².